The Bertz CT molecular complexity index is 1380. The number of aryl methyl sites for hydroxylation is 2. The first-order valence-electron chi connectivity index (χ1n) is 11.7. The molecule has 0 aromatic heterocycles. The van der Waals surface area contributed by atoms with Gasteiger partial charge in [-0.05, 0) is 102 Å². The van der Waals surface area contributed by atoms with Crippen LogP contribution in [0.4, 0.5) is 18.9 Å². The van der Waals surface area contributed by atoms with Crippen LogP contribution in [0, 0.1) is 29.3 Å². The number of halogens is 3. The van der Waals surface area contributed by atoms with Crippen LogP contribution in [0.15, 0.2) is 53.5 Å². The quantitative estimate of drug-likeness (QED) is 0.147. The second-order valence-electron chi connectivity index (χ2n) is 8.60. The Morgan fingerprint density at radius 2 is 1.69 bits per heavy atom. The average molecular weight is 488 g/mol. The van der Waals surface area contributed by atoms with Crippen molar-refractivity contribution in [2.45, 2.75) is 45.4 Å². The minimum absolute atomic E-state index is 0.293. The molecule has 3 aromatic carbocycles. The summed E-state index contributed by atoms with van der Waals surface area (Å²) in [6.07, 6.45) is 7.49. The first-order chi connectivity index (χ1) is 17.0. The molecule has 0 aliphatic heterocycles. The molecule has 0 N–H and O–H groups in total. The zero-order valence-electron chi connectivity index (χ0n) is 19.4. The Morgan fingerprint density at radius 1 is 0.886 bits per heavy atom. The van der Waals surface area contributed by atoms with Crippen molar-refractivity contribution >= 4 is 34.7 Å². The van der Waals surface area contributed by atoms with Crippen LogP contribution in [-0.4, -0.2) is 5.16 Å². The van der Waals surface area contributed by atoms with Crippen LogP contribution in [0.2, 0.25) is 0 Å². The van der Waals surface area contributed by atoms with Gasteiger partial charge in [-0.15, -0.1) is 0 Å². The molecular weight excluding hydrogens is 463 g/mol. The van der Waals surface area contributed by atoms with E-state index in [1.807, 2.05) is 35.5 Å². The molecule has 0 fully saturated rings. The van der Waals surface area contributed by atoms with E-state index in [9.17, 15) is 13.2 Å². The highest BCUT2D eigenvalue weighted by Gasteiger charge is 2.16. The largest absolute Gasteiger partial charge is 0.206 e. The number of isothiocyanates is 1. The summed E-state index contributed by atoms with van der Waals surface area (Å²) in [5.41, 5.74) is 5.14. The van der Waals surface area contributed by atoms with E-state index in [1.54, 1.807) is 12.1 Å². The molecule has 0 atom stereocenters. The molecule has 1 nitrogen and oxygen atoms in total. The number of nitrogens with zero attached hydrogens (tertiary/aromatic N) is 1. The van der Waals surface area contributed by atoms with Crippen LogP contribution >= 0.6 is 12.2 Å². The topological polar surface area (TPSA) is 12.4 Å². The van der Waals surface area contributed by atoms with E-state index in [-0.39, 0.29) is 5.82 Å². The number of allylic oxidation sites excluding steroid dienone is 1. The predicted molar refractivity (Wildman–Crippen MR) is 139 cm³/mol. The summed E-state index contributed by atoms with van der Waals surface area (Å²) < 4.78 is 43.0. The zero-order chi connectivity index (χ0) is 24.8. The molecule has 0 bridgehead atoms. The number of hydrogen-bond acceptors (Lipinski definition) is 2. The summed E-state index contributed by atoms with van der Waals surface area (Å²) in [5.74, 6) is 4.18. The lowest BCUT2D eigenvalue weighted by molar-refractivity contribution is 0.587. The highest BCUT2D eigenvalue weighted by molar-refractivity contribution is 7.78. The van der Waals surface area contributed by atoms with Gasteiger partial charge in [-0.1, -0.05) is 49.8 Å². The summed E-state index contributed by atoms with van der Waals surface area (Å²) in [4.78, 5) is 3.46. The van der Waals surface area contributed by atoms with E-state index < -0.39 is 17.3 Å². The van der Waals surface area contributed by atoms with Crippen LogP contribution in [0.5, 0.6) is 0 Å². The Morgan fingerprint density at radius 3 is 2.40 bits per heavy atom. The number of benzene rings is 3. The van der Waals surface area contributed by atoms with Gasteiger partial charge in [0.2, 0.25) is 0 Å². The third kappa shape index (κ3) is 5.98. The Kier molecular flexibility index (Phi) is 7.98. The van der Waals surface area contributed by atoms with Gasteiger partial charge in [0.1, 0.15) is 11.5 Å². The molecule has 35 heavy (non-hydrogen) atoms. The summed E-state index contributed by atoms with van der Waals surface area (Å²) in [6.45, 7) is 2.15. The fourth-order valence-corrected chi connectivity index (χ4v) is 4.33. The molecule has 0 spiro atoms. The third-order valence-electron chi connectivity index (χ3n) is 6.13. The third-order valence-corrected chi connectivity index (χ3v) is 6.22. The number of rotatable bonds is 6. The maximum absolute atomic E-state index is 14.5. The van der Waals surface area contributed by atoms with Gasteiger partial charge in [0.15, 0.2) is 11.6 Å². The van der Waals surface area contributed by atoms with Crippen LogP contribution in [-0.2, 0) is 12.8 Å². The SMILES string of the molecule is CCCCCc1ccc(C#Cc2ccc3c(c2)CCC(c2cc(F)c(N=C=S)c(F)c2)=C3)c(F)c1. The maximum Gasteiger partial charge on any atom is 0.153 e. The monoisotopic (exact) mass is 487 g/mol. The molecule has 0 unspecified atom stereocenters. The van der Waals surface area contributed by atoms with Crippen molar-refractivity contribution in [3.8, 4) is 11.8 Å². The minimum atomic E-state index is -0.768. The first kappa shape index (κ1) is 24.7. The lowest BCUT2D eigenvalue weighted by Gasteiger charge is -2.17. The molecule has 1 aliphatic rings. The molecule has 0 radical (unpaired) electrons. The Balaban J connectivity index is 1.53. The van der Waals surface area contributed by atoms with Gasteiger partial charge >= 0.3 is 0 Å². The van der Waals surface area contributed by atoms with Gasteiger partial charge in [-0.3, -0.25) is 0 Å². The van der Waals surface area contributed by atoms with Crippen molar-refractivity contribution < 1.29 is 13.2 Å². The number of unbranched alkanes of at least 4 members (excludes halogenated alkanes) is 2. The fourth-order valence-electron chi connectivity index (χ4n) is 4.24. The molecule has 0 saturated heterocycles. The van der Waals surface area contributed by atoms with Gasteiger partial charge in [0.25, 0.3) is 0 Å². The number of thiocarbonyl (C=S) groups is 1. The molecule has 176 valence electrons. The number of aliphatic imine (C=N–C) groups is 1. The summed E-state index contributed by atoms with van der Waals surface area (Å²) in [5, 5.41) is 2.00. The first-order valence-corrected chi connectivity index (χ1v) is 12.1. The van der Waals surface area contributed by atoms with Crippen LogP contribution in [0.25, 0.3) is 11.6 Å². The summed E-state index contributed by atoms with van der Waals surface area (Å²) >= 11 is 4.45. The molecule has 0 saturated carbocycles. The van der Waals surface area contributed by atoms with Crippen molar-refractivity contribution in [1.29, 1.82) is 0 Å². The van der Waals surface area contributed by atoms with Crippen LogP contribution < -0.4 is 0 Å². The molecule has 4 rings (SSSR count). The van der Waals surface area contributed by atoms with Gasteiger partial charge in [-0.25, -0.2) is 13.2 Å². The van der Waals surface area contributed by atoms with Crippen molar-refractivity contribution in [2.75, 3.05) is 0 Å². The van der Waals surface area contributed by atoms with E-state index in [0.29, 0.717) is 24.0 Å². The second kappa shape index (κ2) is 11.3. The van der Waals surface area contributed by atoms with E-state index in [1.165, 1.54) is 12.1 Å². The smallest absolute Gasteiger partial charge is 0.153 e. The van der Waals surface area contributed by atoms with Gasteiger partial charge in [0.05, 0.1) is 10.7 Å². The molecule has 0 amide bonds. The molecule has 5 heteroatoms. The standard InChI is InChI=1S/C30H24F3NS/c1-2-3-4-5-20-6-9-22(27(31)15-20)10-7-21-8-11-24-16-25(13-12-23(24)14-21)26-17-28(32)30(34-19-35)29(33)18-26/h6,8-9,11,14-18H,2-5,12-13H2,1H3. The Labute approximate surface area is 209 Å². The number of hydrogen-bond donors (Lipinski definition) is 0. The predicted octanol–water partition coefficient (Wildman–Crippen LogP) is 8.46. The second-order valence-corrected chi connectivity index (χ2v) is 8.78. The molecule has 3 aromatic rings. The summed E-state index contributed by atoms with van der Waals surface area (Å²) in [6, 6.07) is 13.6. The van der Waals surface area contributed by atoms with Crippen molar-refractivity contribution in [3.63, 3.8) is 0 Å². The Hall–Kier alpha value is -3.45. The van der Waals surface area contributed by atoms with E-state index in [0.717, 1.165) is 53.5 Å². The average Bonchev–Trinajstić information content (AvgIpc) is 2.85. The van der Waals surface area contributed by atoms with Gasteiger partial charge < -0.3 is 0 Å². The minimum Gasteiger partial charge on any atom is -0.206 e. The summed E-state index contributed by atoms with van der Waals surface area (Å²) in [7, 11) is 0. The van der Waals surface area contributed by atoms with Gasteiger partial charge in [-0.2, -0.15) is 4.99 Å². The fraction of sp³-hybridized carbons (Fsp3) is 0.233. The molecular formula is C30H24F3NS. The van der Waals surface area contributed by atoms with Crippen LogP contribution in [0.1, 0.15) is 66.0 Å². The number of fused-ring (bicyclic) bond motifs is 1. The molecule has 0 heterocycles. The zero-order valence-corrected chi connectivity index (χ0v) is 20.2. The van der Waals surface area contributed by atoms with Crippen molar-refractivity contribution in [3.05, 3.63) is 99.4 Å². The normalized spacial score (nSPS) is 12.2. The van der Waals surface area contributed by atoms with Crippen molar-refractivity contribution in [2.24, 2.45) is 4.99 Å². The van der Waals surface area contributed by atoms with E-state index in [2.05, 4.69) is 36.0 Å². The van der Waals surface area contributed by atoms with Crippen molar-refractivity contribution in [1.82, 2.24) is 0 Å². The maximum atomic E-state index is 14.5. The highest BCUT2D eigenvalue weighted by Crippen LogP contribution is 2.34. The lowest BCUT2D eigenvalue weighted by Crippen LogP contribution is -2.01. The highest BCUT2D eigenvalue weighted by atomic mass is 32.1. The molecule has 1 aliphatic carbocycles. The van der Waals surface area contributed by atoms with E-state index in [4.69, 9.17) is 0 Å². The lowest BCUT2D eigenvalue weighted by atomic mass is 9.87. The van der Waals surface area contributed by atoms with E-state index >= 15 is 0 Å². The van der Waals surface area contributed by atoms with Gasteiger partial charge in [0, 0.05) is 5.56 Å². The van der Waals surface area contributed by atoms with Crippen LogP contribution in [0.3, 0.4) is 0 Å².